The van der Waals surface area contributed by atoms with Crippen molar-refractivity contribution in [2.75, 3.05) is 5.32 Å². The third-order valence-electron chi connectivity index (χ3n) is 5.80. The number of aryl methyl sites for hydroxylation is 1. The lowest BCUT2D eigenvalue weighted by Gasteiger charge is -2.21. The summed E-state index contributed by atoms with van der Waals surface area (Å²) >= 11 is 0. The van der Waals surface area contributed by atoms with Crippen molar-refractivity contribution in [3.05, 3.63) is 23.4 Å². The second-order valence-corrected chi connectivity index (χ2v) is 7.74. The van der Waals surface area contributed by atoms with Crippen molar-refractivity contribution in [2.24, 2.45) is 24.8 Å². The van der Waals surface area contributed by atoms with Crippen LogP contribution >= 0.6 is 0 Å². The Balaban J connectivity index is 1.51. The molecule has 0 spiro atoms. The number of carbonyl (C=O) groups excluding carboxylic acids is 1. The van der Waals surface area contributed by atoms with Crippen molar-refractivity contribution in [3.63, 3.8) is 0 Å². The summed E-state index contributed by atoms with van der Waals surface area (Å²) in [6, 6.07) is 0.569. The summed E-state index contributed by atoms with van der Waals surface area (Å²) in [5.74, 6) is 3.05. The van der Waals surface area contributed by atoms with Gasteiger partial charge in [-0.05, 0) is 57.3 Å². The molecule has 2 N–H and O–H groups in total. The highest BCUT2D eigenvalue weighted by atomic mass is 16.1. The number of nitrogens with zero attached hydrogens (tertiary/aromatic N) is 2. The van der Waals surface area contributed by atoms with Crippen LogP contribution in [0.2, 0.25) is 0 Å². The first-order valence-corrected chi connectivity index (χ1v) is 8.81. The lowest BCUT2D eigenvalue weighted by atomic mass is 9.89. The van der Waals surface area contributed by atoms with Crippen LogP contribution in [-0.2, 0) is 7.05 Å². The molecule has 124 valence electrons. The molecule has 1 heterocycles. The van der Waals surface area contributed by atoms with Crippen LogP contribution in [0.4, 0.5) is 5.82 Å². The number of hydrogen-bond donors (Lipinski definition) is 2. The number of fused-ring (bicyclic) bond motifs is 1. The van der Waals surface area contributed by atoms with Crippen LogP contribution in [0.15, 0.2) is 17.8 Å². The van der Waals surface area contributed by atoms with Gasteiger partial charge in [-0.25, -0.2) is 0 Å². The van der Waals surface area contributed by atoms with E-state index in [4.69, 9.17) is 0 Å². The molecule has 5 heteroatoms. The number of carbonyl (C=O) groups is 1. The van der Waals surface area contributed by atoms with Gasteiger partial charge in [0.25, 0.3) is 5.91 Å². The minimum absolute atomic E-state index is 0.00951. The van der Waals surface area contributed by atoms with Gasteiger partial charge in [-0.1, -0.05) is 11.6 Å². The van der Waals surface area contributed by atoms with E-state index >= 15 is 0 Å². The molecule has 3 aliphatic rings. The fraction of sp³-hybridized carbons (Fsp3) is 0.667. The van der Waals surface area contributed by atoms with Crippen LogP contribution in [0, 0.1) is 17.8 Å². The Morgan fingerprint density at radius 1 is 1.39 bits per heavy atom. The molecule has 1 aromatic heterocycles. The van der Waals surface area contributed by atoms with Crippen molar-refractivity contribution in [1.29, 1.82) is 0 Å². The fourth-order valence-corrected chi connectivity index (χ4v) is 4.80. The summed E-state index contributed by atoms with van der Waals surface area (Å²) in [6.45, 7) is 4.13. The van der Waals surface area contributed by atoms with E-state index in [9.17, 15) is 4.79 Å². The normalized spacial score (nSPS) is 31.4. The highest BCUT2D eigenvalue weighted by Gasteiger charge is 2.48. The Labute approximate surface area is 137 Å². The molecule has 0 radical (unpaired) electrons. The smallest absolute Gasteiger partial charge is 0.256 e. The molecular formula is C18H26N4O. The van der Waals surface area contributed by atoms with E-state index in [1.165, 1.54) is 19.3 Å². The van der Waals surface area contributed by atoms with Gasteiger partial charge >= 0.3 is 0 Å². The molecule has 23 heavy (non-hydrogen) atoms. The van der Waals surface area contributed by atoms with Crippen LogP contribution < -0.4 is 10.6 Å². The first kappa shape index (κ1) is 14.8. The summed E-state index contributed by atoms with van der Waals surface area (Å²) in [7, 11) is 1.87. The third kappa shape index (κ3) is 2.46. The van der Waals surface area contributed by atoms with Crippen molar-refractivity contribution in [1.82, 2.24) is 15.1 Å². The summed E-state index contributed by atoms with van der Waals surface area (Å²) in [4.78, 5) is 12.8. The van der Waals surface area contributed by atoms with E-state index in [1.807, 2.05) is 7.05 Å². The molecule has 1 amide bonds. The lowest BCUT2D eigenvalue weighted by Crippen LogP contribution is -2.38. The topological polar surface area (TPSA) is 59.0 Å². The maximum absolute atomic E-state index is 12.8. The zero-order valence-electron chi connectivity index (χ0n) is 14.2. The number of nitrogens with one attached hydrogen (secondary N) is 2. The Morgan fingerprint density at radius 2 is 2.22 bits per heavy atom. The largest absolute Gasteiger partial charge is 0.367 e. The van der Waals surface area contributed by atoms with Crippen LogP contribution in [0.1, 0.15) is 49.9 Å². The molecule has 4 rings (SSSR count). The van der Waals surface area contributed by atoms with Gasteiger partial charge in [-0.3, -0.25) is 9.48 Å². The average molecular weight is 314 g/mol. The molecular weight excluding hydrogens is 288 g/mol. The Kier molecular flexibility index (Phi) is 3.47. The quantitative estimate of drug-likeness (QED) is 0.840. The molecule has 2 fully saturated rings. The highest BCUT2D eigenvalue weighted by molar-refractivity contribution is 5.99. The Morgan fingerprint density at radius 3 is 3.00 bits per heavy atom. The summed E-state index contributed by atoms with van der Waals surface area (Å²) < 4.78 is 1.74. The van der Waals surface area contributed by atoms with Gasteiger partial charge in [-0.15, -0.1) is 0 Å². The van der Waals surface area contributed by atoms with Gasteiger partial charge in [0.05, 0.1) is 6.20 Å². The van der Waals surface area contributed by atoms with E-state index in [0.29, 0.717) is 17.5 Å². The number of amides is 1. The zero-order chi connectivity index (χ0) is 16.1. The molecule has 4 atom stereocenters. The first-order valence-electron chi connectivity index (χ1n) is 8.81. The molecule has 0 saturated heterocycles. The first-order chi connectivity index (χ1) is 11.0. The highest BCUT2D eigenvalue weighted by Crippen LogP contribution is 2.54. The third-order valence-corrected chi connectivity index (χ3v) is 5.80. The standard InChI is InChI=1S/C18H26N4O/c1-10(2)20-17-15(9-19-22(17)3)18(23)21-16-8-12-5-4-11-6-13(12)14(16)7-11/h5,9-11,13-14,16,20H,4,6-8H2,1-3H3,(H,21,23). The molecule has 4 unspecified atom stereocenters. The minimum Gasteiger partial charge on any atom is -0.367 e. The van der Waals surface area contributed by atoms with Gasteiger partial charge in [0.1, 0.15) is 11.4 Å². The Bertz CT molecular complexity index is 660. The van der Waals surface area contributed by atoms with Crippen molar-refractivity contribution in [2.45, 2.75) is 51.6 Å². The van der Waals surface area contributed by atoms with Crippen LogP contribution in [0.3, 0.4) is 0 Å². The number of hydrogen-bond acceptors (Lipinski definition) is 3. The van der Waals surface area contributed by atoms with E-state index < -0.39 is 0 Å². The van der Waals surface area contributed by atoms with Gasteiger partial charge in [0.2, 0.25) is 0 Å². The van der Waals surface area contributed by atoms with Crippen molar-refractivity contribution >= 4 is 11.7 Å². The molecule has 2 bridgehead atoms. The number of allylic oxidation sites excluding steroid dienone is 1. The molecule has 1 aromatic rings. The monoisotopic (exact) mass is 314 g/mol. The lowest BCUT2D eigenvalue weighted by molar-refractivity contribution is 0.0926. The molecule has 3 aliphatic carbocycles. The van der Waals surface area contributed by atoms with E-state index in [1.54, 1.807) is 16.5 Å². The molecule has 2 saturated carbocycles. The molecule has 0 aliphatic heterocycles. The second kappa shape index (κ2) is 5.39. The maximum atomic E-state index is 12.8. The zero-order valence-corrected chi connectivity index (χ0v) is 14.2. The summed E-state index contributed by atoms with van der Waals surface area (Å²) in [5, 5.41) is 10.9. The van der Waals surface area contributed by atoms with Gasteiger partial charge in [-0.2, -0.15) is 5.10 Å². The van der Waals surface area contributed by atoms with Crippen molar-refractivity contribution < 1.29 is 4.79 Å². The van der Waals surface area contributed by atoms with Crippen LogP contribution in [0.5, 0.6) is 0 Å². The average Bonchev–Trinajstić information content (AvgIpc) is 3.11. The predicted octanol–water partition coefficient (Wildman–Crippen LogP) is 2.72. The number of anilines is 1. The maximum Gasteiger partial charge on any atom is 0.256 e. The van der Waals surface area contributed by atoms with Crippen LogP contribution in [-0.4, -0.2) is 27.8 Å². The number of aromatic nitrogens is 2. The van der Waals surface area contributed by atoms with E-state index in [-0.39, 0.29) is 11.9 Å². The van der Waals surface area contributed by atoms with Gasteiger partial charge in [0, 0.05) is 19.1 Å². The number of rotatable bonds is 4. The Hall–Kier alpha value is -1.78. The van der Waals surface area contributed by atoms with E-state index in [0.717, 1.165) is 24.1 Å². The predicted molar refractivity (Wildman–Crippen MR) is 90.2 cm³/mol. The van der Waals surface area contributed by atoms with E-state index in [2.05, 4.69) is 35.7 Å². The molecule has 0 aromatic carbocycles. The van der Waals surface area contributed by atoms with Crippen molar-refractivity contribution in [3.8, 4) is 0 Å². The summed E-state index contributed by atoms with van der Waals surface area (Å²) in [6.07, 6.45) is 9.04. The van der Waals surface area contributed by atoms with Gasteiger partial charge in [0.15, 0.2) is 0 Å². The van der Waals surface area contributed by atoms with Gasteiger partial charge < -0.3 is 10.6 Å². The van der Waals surface area contributed by atoms with Crippen LogP contribution in [0.25, 0.3) is 0 Å². The molecule has 5 nitrogen and oxygen atoms in total. The SMILES string of the molecule is CC(C)Nc1c(C(=O)NC2CC3=CCC4CC3C2C4)cnn1C. The second-order valence-electron chi connectivity index (χ2n) is 7.74. The summed E-state index contributed by atoms with van der Waals surface area (Å²) in [5.41, 5.74) is 2.25. The minimum atomic E-state index is 0.00951. The fourth-order valence-electron chi connectivity index (χ4n) is 4.80.